The molecule has 0 aliphatic rings. The lowest BCUT2D eigenvalue weighted by molar-refractivity contribution is 0.0495. The summed E-state index contributed by atoms with van der Waals surface area (Å²) in [7, 11) is 0. The van der Waals surface area contributed by atoms with E-state index in [0.717, 1.165) is 12.8 Å². The first-order valence-electron chi connectivity index (χ1n) is 5.53. The maximum atomic E-state index is 11.6. The molecule has 0 aromatic heterocycles. The van der Waals surface area contributed by atoms with Crippen LogP contribution in [-0.2, 0) is 4.74 Å². The van der Waals surface area contributed by atoms with Gasteiger partial charge in [-0.2, -0.15) is 0 Å². The highest BCUT2D eigenvalue weighted by atomic mass is 35.5. The lowest BCUT2D eigenvalue weighted by Crippen LogP contribution is -2.07. The Bertz CT molecular complexity index is 348. The lowest BCUT2D eigenvalue weighted by Gasteiger charge is -2.07. The average Bonchev–Trinajstić information content (AvgIpc) is 2.24. The summed E-state index contributed by atoms with van der Waals surface area (Å²) >= 11 is 5.88. The molecule has 0 N–H and O–H groups in total. The molecule has 2 nitrogen and oxygen atoms in total. The number of benzene rings is 1. The normalized spacial score (nSPS) is 10.5. The second-order valence-electron chi connectivity index (χ2n) is 4.15. The van der Waals surface area contributed by atoms with Crippen LogP contribution in [0.2, 0.25) is 5.02 Å². The largest absolute Gasteiger partial charge is 0.462 e. The predicted octanol–water partition coefficient (Wildman–Crippen LogP) is 3.93. The summed E-state index contributed by atoms with van der Waals surface area (Å²) in [5, 5.41) is 0.441. The van der Waals surface area contributed by atoms with Crippen molar-refractivity contribution < 1.29 is 9.53 Å². The quantitative estimate of drug-likeness (QED) is 0.576. The third-order valence-electron chi connectivity index (χ3n) is 2.25. The molecule has 0 spiro atoms. The van der Waals surface area contributed by atoms with Gasteiger partial charge >= 0.3 is 5.97 Å². The van der Waals surface area contributed by atoms with Crippen molar-refractivity contribution in [2.45, 2.75) is 26.7 Å². The van der Waals surface area contributed by atoms with E-state index in [0.29, 0.717) is 23.1 Å². The third-order valence-corrected chi connectivity index (χ3v) is 2.58. The Morgan fingerprint density at radius 1 is 1.38 bits per heavy atom. The fourth-order valence-corrected chi connectivity index (χ4v) is 1.57. The van der Waals surface area contributed by atoms with Crippen molar-refractivity contribution in [2.24, 2.45) is 5.92 Å². The Balaban J connectivity index is 2.39. The minimum absolute atomic E-state index is 0.339. The molecule has 0 unspecified atom stereocenters. The maximum Gasteiger partial charge on any atom is 0.339 e. The van der Waals surface area contributed by atoms with E-state index in [9.17, 15) is 4.79 Å². The highest BCUT2D eigenvalue weighted by Crippen LogP contribution is 2.16. The Labute approximate surface area is 102 Å². The van der Waals surface area contributed by atoms with Crippen LogP contribution in [0.25, 0.3) is 0 Å². The summed E-state index contributed by atoms with van der Waals surface area (Å²) in [6, 6.07) is 6.92. The Hall–Kier alpha value is -1.02. The molecule has 16 heavy (non-hydrogen) atoms. The van der Waals surface area contributed by atoms with Gasteiger partial charge in [-0.15, -0.1) is 0 Å². The third kappa shape index (κ3) is 4.23. The van der Waals surface area contributed by atoms with Crippen LogP contribution in [-0.4, -0.2) is 12.6 Å². The molecule has 0 aliphatic heterocycles. The van der Waals surface area contributed by atoms with Crippen molar-refractivity contribution in [1.82, 2.24) is 0 Å². The zero-order chi connectivity index (χ0) is 12.0. The number of hydrogen-bond donors (Lipinski definition) is 0. The first-order valence-corrected chi connectivity index (χ1v) is 5.90. The molecule has 0 heterocycles. The van der Waals surface area contributed by atoms with Gasteiger partial charge in [0.25, 0.3) is 0 Å². The smallest absolute Gasteiger partial charge is 0.339 e. The molecular formula is C13H17ClO2. The van der Waals surface area contributed by atoms with Gasteiger partial charge in [0, 0.05) is 0 Å². The van der Waals surface area contributed by atoms with Crippen molar-refractivity contribution in [3.63, 3.8) is 0 Å². The minimum Gasteiger partial charge on any atom is -0.462 e. The highest BCUT2D eigenvalue weighted by Gasteiger charge is 2.10. The average molecular weight is 241 g/mol. The van der Waals surface area contributed by atoms with Crippen LogP contribution >= 0.6 is 11.6 Å². The van der Waals surface area contributed by atoms with Gasteiger partial charge in [-0.25, -0.2) is 4.79 Å². The SMILES string of the molecule is CC(C)CCCOC(=O)c1ccccc1Cl. The van der Waals surface area contributed by atoms with Crippen LogP contribution in [0.4, 0.5) is 0 Å². The number of esters is 1. The second-order valence-corrected chi connectivity index (χ2v) is 4.56. The van der Waals surface area contributed by atoms with E-state index in [2.05, 4.69) is 13.8 Å². The van der Waals surface area contributed by atoms with E-state index in [1.54, 1.807) is 24.3 Å². The van der Waals surface area contributed by atoms with Crippen LogP contribution in [0.5, 0.6) is 0 Å². The number of rotatable bonds is 5. The van der Waals surface area contributed by atoms with E-state index >= 15 is 0 Å². The van der Waals surface area contributed by atoms with Gasteiger partial charge in [0.05, 0.1) is 17.2 Å². The molecule has 1 aromatic rings. The molecule has 0 saturated heterocycles. The first kappa shape index (κ1) is 13.0. The van der Waals surface area contributed by atoms with Gasteiger partial charge in [-0.3, -0.25) is 0 Å². The van der Waals surface area contributed by atoms with Gasteiger partial charge in [0.15, 0.2) is 0 Å². The van der Waals surface area contributed by atoms with Crippen LogP contribution in [0.1, 0.15) is 37.0 Å². The Morgan fingerprint density at radius 3 is 2.69 bits per heavy atom. The molecule has 0 bridgehead atoms. The molecule has 88 valence electrons. The topological polar surface area (TPSA) is 26.3 Å². The Kier molecular flexibility index (Phi) is 5.33. The monoisotopic (exact) mass is 240 g/mol. The molecule has 0 atom stereocenters. The van der Waals surface area contributed by atoms with Gasteiger partial charge in [-0.1, -0.05) is 37.6 Å². The van der Waals surface area contributed by atoms with Gasteiger partial charge < -0.3 is 4.74 Å². The number of hydrogen-bond acceptors (Lipinski definition) is 2. The summed E-state index contributed by atoms with van der Waals surface area (Å²) in [5.41, 5.74) is 0.439. The highest BCUT2D eigenvalue weighted by molar-refractivity contribution is 6.33. The van der Waals surface area contributed by atoms with Gasteiger partial charge in [0.1, 0.15) is 0 Å². The predicted molar refractivity (Wildman–Crippen MR) is 65.8 cm³/mol. The molecule has 1 rings (SSSR count). The summed E-state index contributed by atoms with van der Waals surface area (Å²) in [5.74, 6) is 0.299. The fraction of sp³-hybridized carbons (Fsp3) is 0.462. The number of carbonyl (C=O) groups is 1. The summed E-state index contributed by atoms with van der Waals surface area (Å²) in [6.45, 7) is 4.76. The maximum absolute atomic E-state index is 11.6. The first-order chi connectivity index (χ1) is 7.61. The molecule has 0 aliphatic carbocycles. The molecule has 0 saturated carbocycles. The van der Waals surface area contributed by atoms with Crippen molar-refractivity contribution in [1.29, 1.82) is 0 Å². The number of ether oxygens (including phenoxy) is 1. The van der Waals surface area contributed by atoms with E-state index in [1.807, 2.05) is 0 Å². The van der Waals surface area contributed by atoms with Crippen LogP contribution in [0.3, 0.4) is 0 Å². The Morgan fingerprint density at radius 2 is 2.06 bits per heavy atom. The van der Waals surface area contributed by atoms with E-state index in [1.165, 1.54) is 0 Å². The second kappa shape index (κ2) is 6.54. The van der Waals surface area contributed by atoms with Crippen molar-refractivity contribution in [3.05, 3.63) is 34.9 Å². The van der Waals surface area contributed by atoms with Crippen molar-refractivity contribution in [2.75, 3.05) is 6.61 Å². The van der Waals surface area contributed by atoms with Crippen LogP contribution in [0.15, 0.2) is 24.3 Å². The van der Waals surface area contributed by atoms with Crippen molar-refractivity contribution in [3.8, 4) is 0 Å². The zero-order valence-corrected chi connectivity index (χ0v) is 10.5. The van der Waals surface area contributed by atoms with E-state index in [-0.39, 0.29) is 5.97 Å². The molecular weight excluding hydrogens is 224 g/mol. The summed E-state index contributed by atoms with van der Waals surface area (Å²) < 4.78 is 5.14. The minimum atomic E-state index is -0.339. The molecule has 0 amide bonds. The van der Waals surface area contributed by atoms with Gasteiger partial charge in [0.2, 0.25) is 0 Å². The number of halogens is 1. The lowest BCUT2D eigenvalue weighted by atomic mass is 10.1. The standard InChI is InChI=1S/C13H17ClO2/c1-10(2)6-5-9-16-13(15)11-7-3-4-8-12(11)14/h3-4,7-8,10H,5-6,9H2,1-2H3. The van der Waals surface area contributed by atoms with Crippen LogP contribution < -0.4 is 0 Å². The summed E-state index contributed by atoms with van der Waals surface area (Å²) in [6.07, 6.45) is 1.96. The van der Waals surface area contributed by atoms with Gasteiger partial charge in [-0.05, 0) is 30.9 Å². The van der Waals surface area contributed by atoms with Crippen LogP contribution in [0, 0.1) is 5.92 Å². The molecule has 0 radical (unpaired) electrons. The number of carbonyl (C=O) groups excluding carboxylic acids is 1. The molecule has 0 fully saturated rings. The zero-order valence-electron chi connectivity index (χ0n) is 9.70. The fourth-order valence-electron chi connectivity index (χ4n) is 1.36. The molecule has 3 heteroatoms. The van der Waals surface area contributed by atoms with E-state index < -0.39 is 0 Å². The summed E-state index contributed by atoms with van der Waals surface area (Å²) in [4.78, 5) is 11.6. The molecule has 1 aromatic carbocycles. The van der Waals surface area contributed by atoms with E-state index in [4.69, 9.17) is 16.3 Å². The van der Waals surface area contributed by atoms with Crippen molar-refractivity contribution >= 4 is 17.6 Å².